The molecule has 3 heteroatoms. The van der Waals surface area contributed by atoms with Gasteiger partial charge in [0, 0.05) is 43.9 Å². The Labute approximate surface area is 292 Å². The molecule has 2 aromatic heterocycles. The van der Waals surface area contributed by atoms with Crippen molar-refractivity contribution in [3.8, 4) is 22.3 Å². The van der Waals surface area contributed by atoms with Gasteiger partial charge < -0.3 is 13.7 Å². The molecule has 2 heterocycles. The number of furan rings is 2. The van der Waals surface area contributed by atoms with Crippen LogP contribution in [0.15, 0.2) is 185 Å². The largest absolute Gasteiger partial charge is 0.456 e. The normalized spacial score (nSPS) is 13.7. The molecule has 0 aliphatic carbocycles. The van der Waals surface area contributed by atoms with Gasteiger partial charge in [0.2, 0.25) is 0 Å². The summed E-state index contributed by atoms with van der Waals surface area (Å²) in [7, 11) is 0. The van der Waals surface area contributed by atoms with E-state index >= 15 is 0 Å². The Balaban J connectivity index is 1.18. The molecule has 0 atom stereocenters. The van der Waals surface area contributed by atoms with Crippen LogP contribution >= 0.6 is 0 Å². The third-order valence-electron chi connectivity index (χ3n) is 9.20. The van der Waals surface area contributed by atoms with Crippen LogP contribution in [0.4, 0.5) is 17.1 Å². The number of rotatable bonds is 5. The van der Waals surface area contributed by atoms with E-state index < -0.39 is 30.2 Å². The fourth-order valence-electron chi connectivity index (χ4n) is 6.94. The first-order valence-corrected chi connectivity index (χ1v) is 16.0. The first-order valence-electron chi connectivity index (χ1n) is 19.5. The molecule has 10 rings (SSSR count). The van der Waals surface area contributed by atoms with E-state index in [-0.39, 0.29) is 28.5 Å². The molecule has 230 valence electrons. The quantitative estimate of drug-likeness (QED) is 0.189. The monoisotopic (exact) mass is 634 g/mol. The highest BCUT2D eigenvalue weighted by atomic mass is 16.3. The second-order valence-electron chi connectivity index (χ2n) is 12.0. The lowest BCUT2D eigenvalue weighted by atomic mass is 9.98. The van der Waals surface area contributed by atoms with E-state index in [1.54, 1.807) is 4.90 Å². The molecule has 0 amide bonds. The highest BCUT2D eigenvalue weighted by Gasteiger charge is 2.18. The van der Waals surface area contributed by atoms with Crippen LogP contribution in [0.1, 0.15) is 9.60 Å². The average molecular weight is 635 g/mol. The maximum absolute atomic E-state index is 9.26. The summed E-state index contributed by atoms with van der Waals surface area (Å²) < 4.78 is 74.1. The molecule has 0 unspecified atom stereocenters. The molecule has 49 heavy (non-hydrogen) atoms. The van der Waals surface area contributed by atoms with Gasteiger partial charge in [-0.3, -0.25) is 0 Å². The molecule has 0 bridgehead atoms. The standard InChI is InChI=1S/C46H29NO2/c1-2-12-35-30(10-1)11-7-18-41(35)47(33-26-22-31(23-27-33)36-15-9-21-44-45(36)40-14-4-6-20-43(40)48-44)34-28-24-32(25-29-34)37-16-8-17-39-38-13-3-5-19-42(38)49-46(37)39/h1-29H/i1D,2D,7D,10D,11D,12D,18D. The Bertz CT molecular complexity index is 3220. The zero-order valence-corrected chi connectivity index (χ0v) is 26.0. The minimum absolute atomic E-state index is 0.00293. The van der Waals surface area contributed by atoms with Crippen molar-refractivity contribution in [2.45, 2.75) is 0 Å². The minimum Gasteiger partial charge on any atom is -0.456 e. The van der Waals surface area contributed by atoms with Crippen molar-refractivity contribution in [2.24, 2.45) is 0 Å². The molecule has 0 fully saturated rings. The van der Waals surface area contributed by atoms with E-state index in [9.17, 15) is 1.37 Å². The zero-order chi connectivity index (χ0) is 38.4. The predicted molar refractivity (Wildman–Crippen MR) is 204 cm³/mol. The van der Waals surface area contributed by atoms with Crippen molar-refractivity contribution < 1.29 is 18.4 Å². The van der Waals surface area contributed by atoms with Crippen molar-refractivity contribution in [1.82, 2.24) is 0 Å². The summed E-state index contributed by atoms with van der Waals surface area (Å²) in [5.41, 5.74) is 8.04. The van der Waals surface area contributed by atoms with E-state index in [0.717, 1.165) is 66.1 Å². The third-order valence-corrected chi connectivity index (χ3v) is 9.20. The summed E-state index contributed by atoms with van der Waals surface area (Å²) in [6.07, 6.45) is 0. The van der Waals surface area contributed by atoms with Crippen molar-refractivity contribution in [2.75, 3.05) is 4.90 Å². The summed E-state index contributed by atoms with van der Waals surface area (Å²) in [5, 5.41) is 3.90. The molecule has 0 saturated carbocycles. The van der Waals surface area contributed by atoms with Gasteiger partial charge >= 0.3 is 0 Å². The van der Waals surface area contributed by atoms with Gasteiger partial charge in [-0.15, -0.1) is 0 Å². The van der Waals surface area contributed by atoms with Gasteiger partial charge in [-0.2, -0.15) is 0 Å². The van der Waals surface area contributed by atoms with Crippen molar-refractivity contribution in [1.29, 1.82) is 0 Å². The number of para-hydroxylation sites is 3. The SMILES string of the molecule is [2H]c1c([2H])c([2H])c2c(N(c3ccc(-c4cccc5c4oc4ccccc45)cc3)c3ccc(-c4cccc5oc6ccccc6c45)cc3)c([2H])c([2H])c([2H])c2c1[2H]. The van der Waals surface area contributed by atoms with Gasteiger partial charge in [0.1, 0.15) is 22.3 Å². The van der Waals surface area contributed by atoms with Crippen molar-refractivity contribution in [3.05, 3.63) is 176 Å². The molecule has 0 aliphatic rings. The number of hydrogen-bond acceptors (Lipinski definition) is 3. The molecule has 3 nitrogen and oxygen atoms in total. The Kier molecular flexibility index (Phi) is 4.79. The smallest absolute Gasteiger partial charge is 0.143 e. The molecule has 0 N–H and O–H groups in total. The van der Waals surface area contributed by atoms with Crippen LogP contribution in [0.5, 0.6) is 0 Å². The van der Waals surface area contributed by atoms with Crippen LogP contribution in [0.3, 0.4) is 0 Å². The molecule has 8 aromatic carbocycles. The minimum atomic E-state index is -0.500. The average Bonchev–Trinajstić information content (AvgIpc) is 3.81. The maximum Gasteiger partial charge on any atom is 0.143 e. The Morgan fingerprint density at radius 2 is 1.02 bits per heavy atom. The van der Waals surface area contributed by atoms with Crippen LogP contribution in [-0.4, -0.2) is 0 Å². The topological polar surface area (TPSA) is 29.5 Å². The summed E-state index contributed by atoms with van der Waals surface area (Å²) in [4.78, 5) is 1.74. The molecule has 0 aliphatic heterocycles. The van der Waals surface area contributed by atoms with Crippen LogP contribution in [-0.2, 0) is 0 Å². The first-order chi connectivity index (χ1) is 27.2. The molecular formula is C46H29NO2. The van der Waals surface area contributed by atoms with Gasteiger partial charge in [-0.25, -0.2) is 0 Å². The first kappa shape index (κ1) is 21.3. The lowest BCUT2D eigenvalue weighted by Gasteiger charge is -2.27. The van der Waals surface area contributed by atoms with Crippen LogP contribution in [0.2, 0.25) is 0 Å². The van der Waals surface area contributed by atoms with Crippen LogP contribution in [0, 0.1) is 0 Å². The molecular weight excluding hydrogens is 599 g/mol. The highest BCUT2D eigenvalue weighted by molar-refractivity contribution is 6.13. The number of fused-ring (bicyclic) bond motifs is 7. The predicted octanol–water partition coefficient (Wildman–Crippen LogP) is 13.4. The van der Waals surface area contributed by atoms with Crippen LogP contribution < -0.4 is 4.90 Å². The van der Waals surface area contributed by atoms with E-state index in [1.807, 2.05) is 133 Å². The van der Waals surface area contributed by atoms with Crippen molar-refractivity contribution >= 4 is 71.7 Å². The second kappa shape index (κ2) is 11.0. The van der Waals surface area contributed by atoms with Gasteiger partial charge in [0.05, 0.1) is 15.3 Å². The number of anilines is 3. The summed E-state index contributed by atoms with van der Waals surface area (Å²) in [5.74, 6) is 0. The Morgan fingerprint density at radius 1 is 0.429 bits per heavy atom. The molecule has 0 radical (unpaired) electrons. The van der Waals surface area contributed by atoms with E-state index in [0.29, 0.717) is 11.4 Å². The maximum atomic E-state index is 9.26. The molecule has 0 saturated heterocycles. The number of hydrogen-bond donors (Lipinski definition) is 0. The summed E-state index contributed by atoms with van der Waals surface area (Å²) >= 11 is 0. The molecule has 0 spiro atoms. The highest BCUT2D eigenvalue weighted by Crippen LogP contribution is 2.42. The second-order valence-corrected chi connectivity index (χ2v) is 12.0. The van der Waals surface area contributed by atoms with Gasteiger partial charge in [-0.1, -0.05) is 127 Å². The third kappa shape index (κ3) is 4.44. The lowest BCUT2D eigenvalue weighted by molar-refractivity contribution is 0.669. The number of nitrogens with zero attached hydrogens (tertiary/aromatic N) is 1. The van der Waals surface area contributed by atoms with E-state index in [4.69, 9.17) is 17.1 Å². The van der Waals surface area contributed by atoms with E-state index in [1.165, 1.54) is 0 Å². The van der Waals surface area contributed by atoms with Gasteiger partial charge in [0.15, 0.2) is 0 Å². The Hall–Kier alpha value is -6.58. The summed E-state index contributed by atoms with van der Waals surface area (Å²) in [6.45, 7) is 0. The summed E-state index contributed by atoms with van der Waals surface area (Å²) in [6, 6.07) is 40.2. The van der Waals surface area contributed by atoms with Gasteiger partial charge in [-0.05, 0) is 70.6 Å². The molecule has 10 aromatic rings. The van der Waals surface area contributed by atoms with E-state index in [2.05, 4.69) is 0 Å². The fraction of sp³-hybridized carbons (Fsp3) is 0. The van der Waals surface area contributed by atoms with Crippen LogP contribution in [0.25, 0.3) is 76.9 Å². The van der Waals surface area contributed by atoms with Gasteiger partial charge in [0.25, 0.3) is 0 Å². The lowest BCUT2D eigenvalue weighted by Crippen LogP contribution is -2.10. The zero-order valence-electron chi connectivity index (χ0n) is 33.0. The fourth-order valence-corrected chi connectivity index (χ4v) is 6.94. The Morgan fingerprint density at radius 3 is 1.82 bits per heavy atom. The van der Waals surface area contributed by atoms with Crippen molar-refractivity contribution in [3.63, 3.8) is 0 Å². The number of benzene rings is 8.